The predicted molar refractivity (Wildman–Crippen MR) is 76.1 cm³/mol. The quantitative estimate of drug-likeness (QED) is 0.812. The van der Waals surface area contributed by atoms with Crippen LogP contribution in [0.1, 0.15) is 18.1 Å². The van der Waals surface area contributed by atoms with Crippen LogP contribution in [0, 0.1) is 11.6 Å². The second kappa shape index (κ2) is 5.68. The van der Waals surface area contributed by atoms with Gasteiger partial charge >= 0.3 is 0 Å². The third-order valence-electron chi connectivity index (χ3n) is 3.05. The van der Waals surface area contributed by atoms with Gasteiger partial charge in [0.05, 0.1) is 10.6 Å². The first kappa shape index (κ1) is 15.2. The summed E-state index contributed by atoms with van der Waals surface area (Å²) in [5, 5.41) is 10.6. The van der Waals surface area contributed by atoms with Crippen molar-refractivity contribution < 1.29 is 13.9 Å². The summed E-state index contributed by atoms with van der Waals surface area (Å²) in [7, 11) is 0. The number of hydrogen-bond donors (Lipinski definition) is 1. The van der Waals surface area contributed by atoms with Crippen molar-refractivity contribution in [3.63, 3.8) is 0 Å². The molecule has 0 heterocycles. The highest BCUT2D eigenvalue weighted by atomic mass is 35.5. The van der Waals surface area contributed by atoms with Gasteiger partial charge in [0.25, 0.3) is 0 Å². The molecule has 1 N–H and O–H groups in total. The zero-order chi connectivity index (χ0) is 14.9. The molecule has 106 valence electrons. The summed E-state index contributed by atoms with van der Waals surface area (Å²) in [6.07, 6.45) is 0.175. The Morgan fingerprint density at radius 1 is 1.05 bits per heavy atom. The van der Waals surface area contributed by atoms with Crippen LogP contribution >= 0.6 is 23.2 Å². The Morgan fingerprint density at radius 3 is 2.25 bits per heavy atom. The van der Waals surface area contributed by atoms with E-state index in [1.165, 1.54) is 25.1 Å². The van der Waals surface area contributed by atoms with Gasteiger partial charge in [-0.1, -0.05) is 35.3 Å². The third-order valence-corrected chi connectivity index (χ3v) is 3.65. The molecule has 2 rings (SSSR count). The number of halogens is 4. The second-order valence-electron chi connectivity index (χ2n) is 4.82. The molecule has 0 aliphatic rings. The predicted octanol–water partition coefficient (Wildman–Crippen LogP) is 4.72. The average Bonchev–Trinajstić information content (AvgIpc) is 2.36. The summed E-state index contributed by atoms with van der Waals surface area (Å²) in [6.45, 7) is 1.52. The topological polar surface area (TPSA) is 20.2 Å². The van der Waals surface area contributed by atoms with Gasteiger partial charge < -0.3 is 5.11 Å². The second-order valence-corrected chi connectivity index (χ2v) is 5.64. The molecule has 2 aromatic rings. The summed E-state index contributed by atoms with van der Waals surface area (Å²) in [5.74, 6) is -1.01. The molecule has 0 bridgehead atoms. The van der Waals surface area contributed by atoms with Gasteiger partial charge in [-0.05, 0) is 36.8 Å². The number of aliphatic hydroxyl groups is 1. The SMILES string of the molecule is CC(O)(Cc1ccc(F)cc1)c1cc(F)c(Cl)cc1Cl. The van der Waals surface area contributed by atoms with Gasteiger partial charge in [-0.25, -0.2) is 8.78 Å². The molecule has 0 amide bonds. The molecule has 0 saturated carbocycles. The maximum Gasteiger partial charge on any atom is 0.142 e. The summed E-state index contributed by atoms with van der Waals surface area (Å²) >= 11 is 11.6. The monoisotopic (exact) mass is 316 g/mol. The maximum absolute atomic E-state index is 13.5. The van der Waals surface area contributed by atoms with Crippen LogP contribution in [0.4, 0.5) is 8.78 Å². The van der Waals surface area contributed by atoms with E-state index in [4.69, 9.17) is 23.2 Å². The Balaban J connectivity index is 2.34. The smallest absolute Gasteiger partial charge is 0.142 e. The third kappa shape index (κ3) is 3.29. The summed E-state index contributed by atoms with van der Waals surface area (Å²) in [4.78, 5) is 0. The van der Waals surface area contributed by atoms with Gasteiger partial charge in [-0.2, -0.15) is 0 Å². The molecule has 1 unspecified atom stereocenters. The van der Waals surface area contributed by atoms with Gasteiger partial charge in [0.1, 0.15) is 11.6 Å². The van der Waals surface area contributed by atoms with Crippen LogP contribution in [0.5, 0.6) is 0 Å². The Bertz CT molecular complexity index is 625. The van der Waals surface area contributed by atoms with Crippen LogP contribution in [0.3, 0.4) is 0 Å². The standard InChI is InChI=1S/C15H12Cl2F2O/c1-15(20,8-9-2-4-10(18)5-3-9)11-6-14(19)13(17)7-12(11)16/h2-7,20H,8H2,1H3. The van der Waals surface area contributed by atoms with Crippen molar-refractivity contribution >= 4 is 23.2 Å². The molecule has 0 aliphatic carbocycles. The lowest BCUT2D eigenvalue weighted by Gasteiger charge is -2.25. The van der Waals surface area contributed by atoms with Crippen LogP contribution < -0.4 is 0 Å². The number of rotatable bonds is 3. The lowest BCUT2D eigenvalue weighted by atomic mass is 9.89. The molecule has 0 saturated heterocycles. The molecule has 0 aliphatic heterocycles. The minimum atomic E-state index is -1.39. The lowest BCUT2D eigenvalue weighted by Crippen LogP contribution is -2.25. The fraction of sp³-hybridized carbons (Fsp3) is 0.200. The van der Waals surface area contributed by atoms with E-state index in [0.717, 1.165) is 6.07 Å². The van der Waals surface area contributed by atoms with Crippen molar-refractivity contribution in [3.8, 4) is 0 Å². The molecule has 0 fully saturated rings. The van der Waals surface area contributed by atoms with E-state index in [0.29, 0.717) is 5.56 Å². The molecular weight excluding hydrogens is 305 g/mol. The van der Waals surface area contributed by atoms with Gasteiger partial charge in [0, 0.05) is 17.0 Å². The Hall–Kier alpha value is -1.16. The highest BCUT2D eigenvalue weighted by molar-refractivity contribution is 6.35. The van der Waals surface area contributed by atoms with Crippen LogP contribution in [0.25, 0.3) is 0 Å². The van der Waals surface area contributed by atoms with E-state index < -0.39 is 11.4 Å². The minimum Gasteiger partial charge on any atom is -0.385 e. The van der Waals surface area contributed by atoms with Gasteiger partial charge in [0.15, 0.2) is 0 Å². The fourth-order valence-corrected chi connectivity index (χ4v) is 2.62. The van der Waals surface area contributed by atoms with Crippen molar-refractivity contribution in [3.05, 3.63) is 69.2 Å². The van der Waals surface area contributed by atoms with Gasteiger partial charge in [-0.15, -0.1) is 0 Å². The van der Waals surface area contributed by atoms with Crippen molar-refractivity contribution in [2.24, 2.45) is 0 Å². The fourth-order valence-electron chi connectivity index (χ4n) is 2.03. The molecule has 0 radical (unpaired) electrons. The van der Waals surface area contributed by atoms with Crippen molar-refractivity contribution in [2.45, 2.75) is 18.9 Å². The van der Waals surface area contributed by atoms with Crippen molar-refractivity contribution in [2.75, 3.05) is 0 Å². The van der Waals surface area contributed by atoms with Crippen LogP contribution in [0.2, 0.25) is 10.0 Å². The summed E-state index contributed by atoms with van der Waals surface area (Å²) in [6, 6.07) is 8.10. The zero-order valence-electron chi connectivity index (χ0n) is 10.6. The number of hydrogen-bond acceptors (Lipinski definition) is 1. The number of benzene rings is 2. The molecule has 20 heavy (non-hydrogen) atoms. The molecular formula is C15H12Cl2F2O. The Labute approximate surface area is 125 Å². The van der Waals surface area contributed by atoms with Crippen LogP contribution in [-0.4, -0.2) is 5.11 Å². The van der Waals surface area contributed by atoms with Gasteiger partial charge in [-0.3, -0.25) is 0 Å². The van der Waals surface area contributed by atoms with Crippen molar-refractivity contribution in [1.29, 1.82) is 0 Å². The first-order chi connectivity index (χ1) is 9.29. The molecule has 0 aromatic heterocycles. The van der Waals surface area contributed by atoms with E-state index in [1.54, 1.807) is 12.1 Å². The van der Waals surface area contributed by atoms with E-state index in [2.05, 4.69) is 0 Å². The Kier molecular flexibility index (Phi) is 4.33. The normalized spacial score (nSPS) is 14.1. The van der Waals surface area contributed by atoms with Crippen molar-refractivity contribution in [1.82, 2.24) is 0 Å². The highest BCUT2D eigenvalue weighted by Crippen LogP contribution is 2.34. The average molecular weight is 317 g/mol. The largest absolute Gasteiger partial charge is 0.385 e. The van der Waals surface area contributed by atoms with E-state index in [1.807, 2.05) is 0 Å². The van der Waals surface area contributed by atoms with E-state index >= 15 is 0 Å². The summed E-state index contributed by atoms with van der Waals surface area (Å²) in [5.41, 5.74) is -0.436. The molecule has 1 nitrogen and oxygen atoms in total. The van der Waals surface area contributed by atoms with Crippen LogP contribution in [0.15, 0.2) is 36.4 Å². The molecule has 1 atom stereocenters. The minimum absolute atomic E-state index is 0.101. The highest BCUT2D eigenvalue weighted by Gasteiger charge is 2.27. The molecule has 5 heteroatoms. The van der Waals surface area contributed by atoms with E-state index in [9.17, 15) is 13.9 Å². The zero-order valence-corrected chi connectivity index (χ0v) is 12.1. The molecule has 2 aromatic carbocycles. The first-order valence-corrected chi connectivity index (χ1v) is 6.67. The lowest BCUT2D eigenvalue weighted by molar-refractivity contribution is 0.0574. The molecule has 0 spiro atoms. The summed E-state index contributed by atoms with van der Waals surface area (Å²) < 4.78 is 26.4. The van der Waals surface area contributed by atoms with Gasteiger partial charge in [0.2, 0.25) is 0 Å². The Morgan fingerprint density at radius 2 is 1.65 bits per heavy atom. The van der Waals surface area contributed by atoms with Crippen LogP contribution in [-0.2, 0) is 12.0 Å². The van der Waals surface area contributed by atoms with E-state index in [-0.39, 0.29) is 27.8 Å². The first-order valence-electron chi connectivity index (χ1n) is 5.91. The maximum atomic E-state index is 13.5.